The van der Waals surface area contributed by atoms with E-state index < -0.39 is 5.91 Å². The van der Waals surface area contributed by atoms with Gasteiger partial charge in [0, 0.05) is 25.4 Å². The number of nitrogens with two attached hydrogens (primary N) is 1. The Balaban J connectivity index is 1.42. The van der Waals surface area contributed by atoms with Gasteiger partial charge in [-0.05, 0) is 47.9 Å². The van der Waals surface area contributed by atoms with Gasteiger partial charge in [0.25, 0.3) is 0 Å². The summed E-state index contributed by atoms with van der Waals surface area (Å²) in [7, 11) is 0. The maximum absolute atomic E-state index is 11.2. The molecule has 1 heterocycles. The van der Waals surface area contributed by atoms with Crippen molar-refractivity contribution >= 4 is 11.6 Å². The zero-order valence-corrected chi connectivity index (χ0v) is 18.1. The number of para-hydroxylation sites is 2. The van der Waals surface area contributed by atoms with E-state index in [1.54, 1.807) is 18.2 Å². The van der Waals surface area contributed by atoms with Crippen LogP contribution in [-0.2, 0) is 13.0 Å². The van der Waals surface area contributed by atoms with Gasteiger partial charge in [0.05, 0.1) is 11.3 Å². The summed E-state index contributed by atoms with van der Waals surface area (Å²) in [5.41, 5.74) is 8.71. The van der Waals surface area contributed by atoms with E-state index in [-0.39, 0.29) is 5.75 Å². The summed E-state index contributed by atoms with van der Waals surface area (Å²) in [6.07, 6.45) is 2.19. The number of amides is 1. The zero-order valence-electron chi connectivity index (χ0n) is 18.1. The molecule has 0 aliphatic carbocycles. The van der Waals surface area contributed by atoms with E-state index in [1.807, 2.05) is 60.7 Å². The number of ether oxygens (including phenoxy) is 1. The summed E-state index contributed by atoms with van der Waals surface area (Å²) >= 11 is 0. The standard InChI is InChI=1S/C27H25N3O3/c28-27(32)22-12-15-26(29-18-22)33-23-13-10-20(11-14-23)16-17-30(19-21-6-2-1-3-7-21)24-8-4-5-9-25(24)31/h1-15,18,31H,16-17,19H2,(H2,28,32). The Hall–Kier alpha value is -4.32. The van der Waals surface area contributed by atoms with Crippen molar-refractivity contribution in [1.29, 1.82) is 0 Å². The van der Waals surface area contributed by atoms with Gasteiger partial charge in [-0.2, -0.15) is 0 Å². The second-order valence-electron chi connectivity index (χ2n) is 7.64. The van der Waals surface area contributed by atoms with E-state index in [4.69, 9.17) is 10.5 Å². The van der Waals surface area contributed by atoms with E-state index in [0.717, 1.165) is 24.2 Å². The molecule has 3 N–H and O–H groups in total. The molecule has 0 unspecified atom stereocenters. The van der Waals surface area contributed by atoms with Crippen molar-refractivity contribution in [2.24, 2.45) is 5.73 Å². The third-order valence-corrected chi connectivity index (χ3v) is 5.28. The number of phenolic OH excluding ortho intramolecular Hbond substituents is 1. The normalized spacial score (nSPS) is 10.5. The first kappa shape index (κ1) is 21.9. The predicted molar refractivity (Wildman–Crippen MR) is 129 cm³/mol. The van der Waals surface area contributed by atoms with Crippen LogP contribution in [0.3, 0.4) is 0 Å². The van der Waals surface area contributed by atoms with E-state index in [9.17, 15) is 9.90 Å². The molecule has 0 saturated heterocycles. The molecule has 1 amide bonds. The molecule has 33 heavy (non-hydrogen) atoms. The van der Waals surface area contributed by atoms with Crippen molar-refractivity contribution in [1.82, 2.24) is 4.98 Å². The molecule has 0 aliphatic rings. The Morgan fingerprint density at radius 3 is 2.27 bits per heavy atom. The summed E-state index contributed by atoms with van der Waals surface area (Å²) in [6, 6.07) is 28.6. The smallest absolute Gasteiger partial charge is 0.250 e. The Bertz CT molecular complexity index is 1190. The van der Waals surface area contributed by atoms with Crippen LogP contribution in [0.25, 0.3) is 0 Å². The molecule has 0 bridgehead atoms. The lowest BCUT2D eigenvalue weighted by molar-refractivity contribution is 0.1000. The number of carbonyl (C=O) groups excluding carboxylic acids is 1. The average Bonchev–Trinajstić information content (AvgIpc) is 2.84. The highest BCUT2D eigenvalue weighted by Gasteiger charge is 2.12. The SMILES string of the molecule is NC(=O)c1ccc(Oc2ccc(CCN(Cc3ccccc3)c3ccccc3O)cc2)nc1. The van der Waals surface area contributed by atoms with Gasteiger partial charge in [-0.15, -0.1) is 0 Å². The molecule has 0 fully saturated rings. The third-order valence-electron chi connectivity index (χ3n) is 5.28. The predicted octanol–water partition coefficient (Wildman–Crippen LogP) is 4.93. The van der Waals surface area contributed by atoms with Gasteiger partial charge >= 0.3 is 0 Å². The number of hydrogen-bond donors (Lipinski definition) is 2. The van der Waals surface area contributed by atoms with Crippen LogP contribution in [0, 0.1) is 0 Å². The molecule has 0 spiro atoms. The molecule has 3 aromatic carbocycles. The van der Waals surface area contributed by atoms with Gasteiger partial charge in [0.15, 0.2) is 0 Å². The average molecular weight is 440 g/mol. The number of hydrogen-bond acceptors (Lipinski definition) is 5. The fourth-order valence-corrected chi connectivity index (χ4v) is 3.52. The van der Waals surface area contributed by atoms with Crippen LogP contribution in [0.1, 0.15) is 21.5 Å². The molecule has 4 rings (SSSR count). The Kier molecular flexibility index (Phi) is 6.85. The molecule has 6 heteroatoms. The van der Waals surface area contributed by atoms with E-state index >= 15 is 0 Å². The number of benzene rings is 3. The number of pyridine rings is 1. The van der Waals surface area contributed by atoms with Crippen LogP contribution in [0.4, 0.5) is 5.69 Å². The maximum Gasteiger partial charge on any atom is 0.250 e. The summed E-state index contributed by atoms with van der Waals surface area (Å²) in [4.78, 5) is 17.4. The Labute approximate surface area is 192 Å². The fourth-order valence-electron chi connectivity index (χ4n) is 3.52. The van der Waals surface area contributed by atoms with Crippen LogP contribution in [0.15, 0.2) is 97.2 Å². The minimum atomic E-state index is -0.525. The quantitative estimate of drug-likeness (QED) is 0.386. The number of anilines is 1. The van der Waals surface area contributed by atoms with E-state index in [0.29, 0.717) is 23.7 Å². The lowest BCUT2D eigenvalue weighted by Gasteiger charge is -2.26. The molecule has 4 aromatic rings. The number of rotatable bonds is 9. The topological polar surface area (TPSA) is 88.7 Å². The molecule has 0 saturated carbocycles. The maximum atomic E-state index is 11.2. The molecule has 1 aromatic heterocycles. The number of aromatic nitrogens is 1. The largest absolute Gasteiger partial charge is 0.506 e. The Morgan fingerprint density at radius 1 is 0.879 bits per heavy atom. The fraction of sp³-hybridized carbons (Fsp3) is 0.111. The molecule has 0 aliphatic heterocycles. The van der Waals surface area contributed by atoms with Gasteiger partial charge in [0.2, 0.25) is 11.8 Å². The highest BCUT2D eigenvalue weighted by Crippen LogP contribution is 2.28. The second kappa shape index (κ2) is 10.3. The lowest BCUT2D eigenvalue weighted by Crippen LogP contribution is -2.25. The molecule has 0 atom stereocenters. The summed E-state index contributed by atoms with van der Waals surface area (Å²) in [5, 5.41) is 10.4. The van der Waals surface area contributed by atoms with Crippen molar-refractivity contribution < 1.29 is 14.6 Å². The highest BCUT2D eigenvalue weighted by molar-refractivity contribution is 5.92. The monoisotopic (exact) mass is 439 g/mol. The molecule has 6 nitrogen and oxygen atoms in total. The van der Waals surface area contributed by atoms with Crippen molar-refractivity contribution in [3.05, 3.63) is 114 Å². The van der Waals surface area contributed by atoms with Crippen molar-refractivity contribution in [2.75, 3.05) is 11.4 Å². The molecule has 166 valence electrons. The van der Waals surface area contributed by atoms with Gasteiger partial charge in [-0.3, -0.25) is 4.79 Å². The highest BCUT2D eigenvalue weighted by atomic mass is 16.5. The number of nitrogens with zero attached hydrogens (tertiary/aromatic N) is 2. The van der Waals surface area contributed by atoms with Gasteiger partial charge in [-0.1, -0.05) is 54.6 Å². The van der Waals surface area contributed by atoms with Gasteiger partial charge < -0.3 is 20.5 Å². The van der Waals surface area contributed by atoms with Crippen LogP contribution < -0.4 is 15.4 Å². The number of primary amides is 1. The number of phenols is 1. The zero-order chi connectivity index (χ0) is 23.0. The second-order valence-corrected chi connectivity index (χ2v) is 7.64. The van der Waals surface area contributed by atoms with Crippen LogP contribution in [0.2, 0.25) is 0 Å². The van der Waals surface area contributed by atoms with Gasteiger partial charge in [-0.25, -0.2) is 4.98 Å². The van der Waals surface area contributed by atoms with Crippen molar-refractivity contribution in [3.63, 3.8) is 0 Å². The summed E-state index contributed by atoms with van der Waals surface area (Å²) in [5.74, 6) is 0.789. The summed E-state index contributed by atoms with van der Waals surface area (Å²) in [6.45, 7) is 1.44. The molecular formula is C27H25N3O3. The molecule has 0 radical (unpaired) electrons. The Morgan fingerprint density at radius 2 is 1.61 bits per heavy atom. The number of carbonyl (C=O) groups is 1. The van der Waals surface area contributed by atoms with Crippen LogP contribution >= 0.6 is 0 Å². The van der Waals surface area contributed by atoms with Crippen molar-refractivity contribution in [3.8, 4) is 17.4 Å². The first-order valence-electron chi connectivity index (χ1n) is 10.7. The first-order valence-corrected chi connectivity index (χ1v) is 10.7. The third kappa shape index (κ3) is 5.89. The minimum Gasteiger partial charge on any atom is -0.506 e. The van der Waals surface area contributed by atoms with Crippen LogP contribution in [-0.4, -0.2) is 22.5 Å². The van der Waals surface area contributed by atoms with Gasteiger partial charge in [0.1, 0.15) is 11.5 Å². The van der Waals surface area contributed by atoms with E-state index in [2.05, 4.69) is 22.0 Å². The summed E-state index contributed by atoms with van der Waals surface area (Å²) < 4.78 is 5.75. The van der Waals surface area contributed by atoms with Crippen molar-refractivity contribution in [2.45, 2.75) is 13.0 Å². The number of aromatic hydroxyl groups is 1. The van der Waals surface area contributed by atoms with Crippen LogP contribution in [0.5, 0.6) is 17.4 Å². The van der Waals surface area contributed by atoms with E-state index in [1.165, 1.54) is 11.8 Å². The lowest BCUT2D eigenvalue weighted by atomic mass is 10.1. The minimum absolute atomic E-state index is 0.270. The first-order chi connectivity index (χ1) is 16.1. The molecular weight excluding hydrogens is 414 g/mol.